The summed E-state index contributed by atoms with van der Waals surface area (Å²) in [5.74, 6) is 0.510. The fourth-order valence-electron chi connectivity index (χ4n) is 2.59. The summed E-state index contributed by atoms with van der Waals surface area (Å²) < 4.78 is 0. The zero-order valence-electron chi connectivity index (χ0n) is 10.5. The summed E-state index contributed by atoms with van der Waals surface area (Å²) in [6, 6.07) is 3.06. The molecule has 2 aromatic rings. The lowest BCUT2D eigenvalue weighted by Crippen LogP contribution is -2.29. The summed E-state index contributed by atoms with van der Waals surface area (Å²) in [5, 5.41) is 10.7. The number of Topliss-reactive ketones (excluding diaryl/α,β-unsaturated/α-hetero) is 1. The number of aromatic nitrogens is 3. The molecule has 1 aliphatic rings. The second kappa shape index (κ2) is 4.97. The Bertz CT molecular complexity index is 652. The molecule has 0 saturated carbocycles. The van der Waals surface area contributed by atoms with E-state index in [9.17, 15) is 9.59 Å². The molecule has 3 heterocycles. The van der Waals surface area contributed by atoms with E-state index in [4.69, 9.17) is 0 Å². The summed E-state index contributed by atoms with van der Waals surface area (Å²) in [4.78, 5) is 26.1. The first-order valence-electron chi connectivity index (χ1n) is 6.55. The molecule has 0 radical (unpaired) electrons. The number of rotatable bonds is 3. The number of nitrogens with one attached hydrogen (secondary N) is 3. The second-order valence-corrected chi connectivity index (χ2v) is 5.00. The van der Waals surface area contributed by atoms with Crippen molar-refractivity contribution in [2.45, 2.75) is 19.3 Å². The monoisotopic (exact) mass is 260 g/mol. The predicted molar refractivity (Wildman–Crippen MR) is 71.3 cm³/mol. The first-order valence-corrected chi connectivity index (χ1v) is 6.55. The Kier molecular flexibility index (Phi) is 3.16. The third-order valence-electron chi connectivity index (χ3n) is 3.66. The number of hydrogen-bond acceptors (Lipinski definition) is 4. The zero-order valence-corrected chi connectivity index (χ0v) is 10.5. The Morgan fingerprint density at radius 2 is 2.11 bits per heavy atom. The number of pyridine rings is 1. The Morgan fingerprint density at radius 1 is 1.32 bits per heavy atom. The largest absolute Gasteiger partial charge is 0.317 e. The SMILES string of the molecule is O=C(CC1CCNCC1)c1[nH]nc2[nH]c(=O)ccc12. The Labute approximate surface area is 109 Å². The smallest absolute Gasteiger partial charge is 0.249 e. The number of piperidine rings is 1. The molecule has 19 heavy (non-hydrogen) atoms. The molecule has 0 bridgehead atoms. The molecular weight excluding hydrogens is 244 g/mol. The van der Waals surface area contributed by atoms with Crippen LogP contribution in [0.2, 0.25) is 0 Å². The molecule has 1 saturated heterocycles. The van der Waals surface area contributed by atoms with Crippen LogP contribution in [-0.4, -0.2) is 34.1 Å². The van der Waals surface area contributed by atoms with Crippen molar-refractivity contribution in [2.24, 2.45) is 5.92 Å². The van der Waals surface area contributed by atoms with Gasteiger partial charge in [-0.1, -0.05) is 0 Å². The van der Waals surface area contributed by atoms with E-state index in [2.05, 4.69) is 20.5 Å². The topological polar surface area (TPSA) is 90.6 Å². The van der Waals surface area contributed by atoms with Gasteiger partial charge >= 0.3 is 0 Å². The summed E-state index contributed by atoms with van der Waals surface area (Å²) in [5.41, 5.74) is 0.738. The number of carbonyl (C=O) groups excluding carboxylic acids is 1. The quantitative estimate of drug-likeness (QED) is 0.713. The van der Waals surface area contributed by atoms with Gasteiger partial charge in [0.25, 0.3) is 0 Å². The standard InChI is InChI=1S/C13H16N4O2/c18-10(7-8-3-5-14-6-4-8)12-9-1-2-11(19)15-13(9)17-16-12/h1-2,8,14H,3-7H2,(H2,15,16,17,19). The number of carbonyl (C=O) groups is 1. The average molecular weight is 260 g/mol. The molecular formula is C13H16N4O2. The molecule has 3 rings (SSSR count). The van der Waals surface area contributed by atoms with Gasteiger partial charge in [-0.3, -0.25) is 14.7 Å². The van der Waals surface area contributed by atoms with E-state index in [0.717, 1.165) is 25.9 Å². The highest BCUT2D eigenvalue weighted by Gasteiger charge is 2.20. The van der Waals surface area contributed by atoms with Crippen LogP contribution in [0.3, 0.4) is 0 Å². The van der Waals surface area contributed by atoms with Gasteiger partial charge in [-0.25, -0.2) is 0 Å². The minimum Gasteiger partial charge on any atom is -0.317 e. The predicted octanol–water partition coefficient (Wildman–Crippen LogP) is 0.824. The van der Waals surface area contributed by atoms with Crippen LogP contribution in [-0.2, 0) is 0 Å². The van der Waals surface area contributed by atoms with Crippen molar-refractivity contribution in [2.75, 3.05) is 13.1 Å². The third kappa shape index (κ3) is 2.44. The molecule has 6 heteroatoms. The summed E-state index contributed by atoms with van der Waals surface area (Å²) >= 11 is 0. The highest BCUT2D eigenvalue weighted by molar-refractivity contribution is 6.05. The molecule has 0 spiro atoms. The molecule has 1 aliphatic heterocycles. The Hall–Kier alpha value is -1.95. The van der Waals surface area contributed by atoms with E-state index in [1.807, 2.05) is 0 Å². The number of nitrogens with zero attached hydrogens (tertiary/aromatic N) is 1. The minimum absolute atomic E-state index is 0.0708. The Balaban J connectivity index is 1.83. The van der Waals surface area contributed by atoms with Crippen molar-refractivity contribution in [1.29, 1.82) is 0 Å². The van der Waals surface area contributed by atoms with Crippen LogP contribution in [0.5, 0.6) is 0 Å². The van der Waals surface area contributed by atoms with Crippen molar-refractivity contribution in [3.63, 3.8) is 0 Å². The van der Waals surface area contributed by atoms with Gasteiger partial charge in [0.1, 0.15) is 5.69 Å². The maximum atomic E-state index is 12.3. The molecule has 0 aromatic carbocycles. The number of fused-ring (bicyclic) bond motifs is 1. The molecule has 6 nitrogen and oxygen atoms in total. The molecule has 100 valence electrons. The normalized spacial score (nSPS) is 16.8. The first-order chi connectivity index (χ1) is 9.24. The number of H-pyrrole nitrogens is 2. The minimum atomic E-state index is -0.212. The van der Waals surface area contributed by atoms with Gasteiger partial charge in [-0.2, -0.15) is 5.10 Å². The van der Waals surface area contributed by atoms with Crippen LogP contribution < -0.4 is 10.9 Å². The van der Waals surface area contributed by atoms with Gasteiger partial charge in [0.15, 0.2) is 11.4 Å². The van der Waals surface area contributed by atoms with E-state index in [-0.39, 0.29) is 11.3 Å². The van der Waals surface area contributed by atoms with E-state index < -0.39 is 0 Å². The maximum Gasteiger partial charge on any atom is 0.249 e. The highest BCUT2D eigenvalue weighted by Crippen LogP contribution is 2.21. The lowest BCUT2D eigenvalue weighted by atomic mass is 9.91. The van der Waals surface area contributed by atoms with Crippen LogP contribution in [0, 0.1) is 5.92 Å². The second-order valence-electron chi connectivity index (χ2n) is 5.00. The van der Waals surface area contributed by atoms with E-state index in [1.165, 1.54) is 6.07 Å². The van der Waals surface area contributed by atoms with Crippen LogP contribution in [0.4, 0.5) is 0 Å². The molecule has 0 amide bonds. The number of aromatic amines is 2. The summed E-state index contributed by atoms with van der Waals surface area (Å²) in [6.07, 6.45) is 2.61. The summed E-state index contributed by atoms with van der Waals surface area (Å²) in [7, 11) is 0. The molecule has 0 atom stereocenters. The molecule has 1 fully saturated rings. The van der Waals surface area contributed by atoms with Gasteiger partial charge in [0.05, 0.1) is 0 Å². The third-order valence-corrected chi connectivity index (χ3v) is 3.66. The Morgan fingerprint density at radius 3 is 2.89 bits per heavy atom. The van der Waals surface area contributed by atoms with Crippen LogP contribution in [0.15, 0.2) is 16.9 Å². The average Bonchev–Trinajstić information content (AvgIpc) is 2.82. The van der Waals surface area contributed by atoms with Gasteiger partial charge < -0.3 is 10.3 Å². The van der Waals surface area contributed by atoms with Gasteiger partial charge in [0.2, 0.25) is 5.56 Å². The highest BCUT2D eigenvalue weighted by atomic mass is 16.1. The van der Waals surface area contributed by atoms with Crippen LogP contribution >= 0.6 is 0 Å². The lowest BCUT2D eigenvalue weighted by Gasteiger charge is -2.21. The van der Waals surface area contributed by atoms with E-state index in [1.54, 1.807) is 6.07 Å². The van der Waals surface area contributed by atoms with Crippen molar-refractivity contribution in [3.05, 3.63) is 28.2 Å². The molecule has 0 aliphatic carbocycles. The molecule has 3 N–H and O–H groups in total. The van der Waals surface area contributed by atoms with Gasteiger partial charge in [0, 0.05) is 17.9 Å². The first kappa shape index (κ1) is 12.1. The van der Waals surface area contributed by atoms with Crippen LogP contribution in [0.1, 0.15) is 29.8 Å². The number of ketones is 1. The van der Waals surface area contributed by atoms with Crippen molar-refractivity contribution in [1.82, 2.24) is 20.5 Å². The fourth-order valence-corrected chi connectivity index (χ4v) is 2.59. The van der Waals surface area contributed by atoms with Crippen molar-refractivity contribution >= 4 is 16.8 Å². The fraction of sp³-hybridized carbons (Fsp3) is 0.462. The van der Waals surface area contributed by atoms with Gasteiger partial charge in [-0.15, -0.1) is 0 Å². The number of hydrogen-bond donors (Lipinski definition) is 3. The lowest BCUT2D eigenvalue weighted by molar-refractivity contribution is 0.0949. The van der Waals surface area contributed by atoms with E-state index in [0.29, 0.717) is 29.1 Å². The van der Waals surface area contributed by atoms with Crippen molar-refractivity contribution < 1.29 is 4.79 Å². The van der Waals surface area contributed by atoms with Crippen molar-refractivity contribution in [3.8, 4) is 0 Å². The molecule has 0 unspecified atom stereocenters. The van der Waals surface area contributed by atoms with E-state index >= 15 is 0 Å². The maximum absolute atomic E-state index is 12.3. The molecule has 2 aromatic heterocycles. The van der Waals surface area contributed by atoms with Gasteiger partial charge in [-0.05, 0) is 37.9 Å². The zero-order chi connectivity index (χ0) is 13.2. The summed E-state index contributed by atoms with van der Waals surface area (Å²) in [6.45, 7) is 1.96. The van der Waals surface area contributed by atoms with Crippen LogP contribution in [0.25, 0.3) is 11.0 Å².